The summed E-state index contributed by atoms with van der Waals surface area (Å²) in [6.07, 6.45) is -0.00984. The first-order chi connectivity index (χ1) is 9.58. The van der Waals surface area contributed by atoms with Crippen LogP contribution < -0.4 is 10.1 Å². The molecule has 1 unspecified atom stereocenters. The number of carbonyl (C=O) groups is 2. The molecule has 2 rings (SSSR count). The zero-order valence-corrected chi connectivity index (χ0v) is 11.1. The SMILES string of the molecule is Cc1cc(NC(=O)C(C)Oc2cccc(C=O)c2)no1. The molecule has 0 aliphatic rings. The quantitative estimate of drug-likeness (QED) is 0.845. The maximum absolute atomic E-state index is 11.9. The van der Waals surface area contributed by atoms with Gasteiger partial charge in [-0.3, -0.25) is 9.59 Å². The van der Waals surface area contributed by atoms with Crippen molar-refractivity contribution in [2.24, 2.45) is 0 Å². The number of rotatable bonds is 5. The van der Waals surface area contributed by atoms with Crippen molar-refractivity contribution in [3.8, 4) is 5.75 Å². The number of ether oxygens (including phenoxy) is 1. The Kier molecular flexibility index (Phi) is 4.14. The van der Waals surface area contributed by atoms with Crippen molar-refractivity contribution in [2.75, 3.05) is 5.32 Å². The summed E-state index contributed by atoms with van der Waals surface area (Å²) >= 11 is 0. The Balaban J connectivity index is 1.98. The lowest BCUT2D eigenvalue weighted by molar-refractivity contribution is -0.122. The fourth-order valence-electron chi connectivity index (χ4n) is 1.57. The largest absolute Gasteiger partial charge is 0.481 e. The summed E-state index contributed by atoms with van der Waals surface area (Å²) in [6.45, 7) is 3.34. The smallest absolute Gasteiger partial charge is 0.266 e. The molecular formula is C14H14N2O4. The van der Waals surface area contributed by atoms with Crippen molar-refractivity contribution in [3.63, 3.8) is 0 Å². The van der Waals surface area contributed by atoms with Crippen LogP contribution in [0, 0.1) is 6.92 Å². The molecule has 0 aliphatic heterocycles. The Bertz CT molecular complexity index is 621. The van der Waals surface area contributed by atoms with Crippen LogP contribution in [0.3, 0.4) is 0 Å². The first-order valence-electron chi connectivity index (χ1n) is 6.04. The Morgan fingerprint density at radius 2 is 2.25 bits per heavy atom. The third-order valence-corrected chi connectivity index (χ3v) is 2.56. The average Bonchev–Trinajstić information content (AvgIpc) is 2.84. The van der Waals surface area contributed by atoms with Crippen LogP contribution >= 0.6 is 0 Å². The van der Waals surface area contributed by atoms with E-state index in [0.29, 0.717) is 22.9 Å². The van der Waals surface area contributed by atoms with Crippen LogP contribution in [0.1, 0.15) is 23.0 Å². The molecule has 0 aliphatic carbocycles. The van der Waals surface area contributed by atoms with E-state index in [4.69, 9.17) is 9.26 Å². The normalized spacial score (nSPS) is 11.7. The van der Waals surface area contributed by atoms with Gasteiger partial charge in [0, 0.05) is 11.6 Å². The number of aromatic nitrogens is 1. The third kappa shape index (κ3) is 3.44. The molecule has 0 fully saturated rings. The van der Waals surface area contributed by atoms with Crippen molar-refractivity contribution in [2.45, 2.75) is 20.0 Å². The second-order valence-corrected chi connectivity index (χ2v) is 4.26. The van der Waals surface area contributed by atoms with E-state index in [0.717, 1.165) is 6.29 Å². The fraction of sp³-hybridized carbons (Fsp3) is 0.214. The van der Waals surface area contributed by atoms with Crippen LogP contribution in [-0.4, -0.2) is 23.5 Å². The van der Waals surface area contributed by atoms with Crippen LogP contribution in [-0.2, 0) is 4.79 Å². The topological polar surface area (TPSA) is 81.4 Å². The number of nitrogens with zero attached hydrogens (tertiary/aromatic N) is 1. The zero-order valence-electron chi connectivity index (χ0n) is 11.1. The lowest BCUT2D eigenvalue weighted by atomic mass is 10.2. The first kappa shape index (κ1) is 13.8. The minimum atomic E-state index is -0.728. The zero-order chi connectivity index (χ0) is 14.5. The Morgan fingerprint density at radius 1 is 1.45 bits per heavy atom. The standard InChI is InChI=1S/C14H14N2O4/c1-9-6-13(16-20-9)15-14(18)10(2)19-12-5-3-4-11(7-12)8-17/h3-8,10H,1-2H3,(H,15,16,18). The molecule has 1 N–H and O–H groups in total. The van der Waals surface area contributed by atoms with Crippen molar-refractivity contribution in [1.29, 1.82) is 0 Å². The van der Waals surface area contributed by atoms with E-state index in [1.807, 2.05) is 0 Å². The molecule has 104 valence electrons. The van der Waals surface area contributed by atoms with Gasteiger partial charge in [-0.05, 0) is 26.0 Å². The van der Waals surface area contributed by atoms with E-state index in [9.17, 15) is 9.59 Å². The van der Waals surface area contributed by atoms with Crippen molar-refractivity contribution >= 4 is 18.0 Å². The van der Waals surface area contributed by atoms with Crippen molar-refractivity contribution in [1.82, 2.24) is 5.16 Å². The molecule has 2 aromatic rings. The molecule has 0 radical (unpaired) electrons. The van der Waals surface area contributed by atoms with Gasteiger partial charge in [-0.2, -0.15) is 0 Å². The Morgan fingerprint density at radius 3 is 2.90 bits per heavy atom. The van der Waals surface area contributed by atoms with Crippen LogP contribution in [0.25, 0.3) is 0 Å². The van der Waals surface area contributed by atoms with Crippen LogP contribution in [0.4, 0.5) is 5.82 Å². The van der Waals surface area contributed by atoms with E-state index in [-0.39, 0.29) is 5.91 Å². The summed E-state index contributed by atoms with van der Waals surface area (Å²) in [4.78, 5) is 22.6. The van der Waals surface area contributed by atoms with Gasteiger partial charge in [0.2, 0.25) is 0 Å². The monoisotopic (exact) mass is 274 g/mol. The Labute approximate surface area is 115 Å². The number of nitrogens with one attached hydrogen (secondary N) is 1. The molecule has 1 aromatic heterocycles. The van der Waals surface area contributed by atoms with E-state index in [1.165, 1.54) is 0 Å². The summed E-state index contributed by atoms with van der Waals surface area (Å²) in [5.74, 6) is 1.04. The highest BCUT2D eigenvalue weighted by atomic mass is 16.5. The predicted octanol–water partition coefficient (Wildman–Crippen LogP) is 2.20. The van der Waals surface area contributed by atoms with Gasteiger partial charge in [-0.15, -0.1) is 0 Å². The van der Waals surface area contributed by atoms with Gasteiger partial charge in [-0.25, -0.2) is 0 Å². The molecule has 0 saturated heterocycles. The lowest BCUT2D eigenvalue weighted by Gasteiger charge is -2.13. The van der Waals surface area contributed by atoms with Crippen LogP contribution in [0.2, 0.25) is 0 Å². The molecule has 6 nitrogen and oxygen atoms in total. The molecule has 1 atom stereocenters. The minimum absolute atomic E-state index is 0.338. The first-order valence-corrected chi connectivity index (χ1v) is 6.04. The molecule has 6 heteroatoms. The van der Waals surface area contributed by atoms with Crippen LogP contribution in [0.5, 0.6) is 5.75 Å². The van der Waals surface area contributed by atoms with Gasteiger partial charge < -0.3 is 14.6 Å². The number of carbonyl (C=O) groups excluding carboxylic acids is 2. The van der Waals surface area contributed by atoms with Crippen LogP contribution in [0.15, 0.2) is 34.9 Å². The van der Waals surface area contributed by atoms with Gasteiger partial charge >= 0.3 is 0 Å². The average molecular weight is 274 g/mol. The molecular weight excluding hydrogens is 260 g/mol. The third-order valence-electron chi connectivity index (χ3n) is 2.56. The van der Waals surface area contributed by atoms with E-state index >= 15 is 0 Å². The number of aryl methyl sites for hydroxylation is 1. The molecule has 1 heterocycles. The number of anilines is 1. The highest BCUT2D eigenvalue weighted by molar-refractivity contribution is 5.93. The van der Waals surface area contributed by atoms with Gasteiger partial charge in [0.05, 0.1) is 0 Å². The van der Waals surface area contributed by atoms with E-state index in [1.54, 1.807) is 44.2 Å². The van der Waals surface area contributed by atoms with Crippen molar-refractivity contribution < 1.29 is 18.8 Å². The molecule has 1 amide bonds. The number of benzene rings is 1. The predicted molar refractivity (Wildman–Crippen MR) is 71.8 cm³/mol. The summed E-state index contributed by atoms with van der Waals surface area (Å²) in [5, 5.41) is 6.24. The summed E-state index contributed by atoms with van der Waals surface area (Å²) < 4.78 is 10.3. The van der Waals surface area contributed by atoms with E-state index < -0.39 is 6.10 Å². The molecule has 0 saturated carbocycles. The van der Waals surface area contributed by atoms with Gasteiger partial charge in [0.25, 0.3) is 5.91 Å². The number of aldehydes is 1. The van der Waals surface area contributed by atoms with Crippen molar-refractivity contribution in [3.05, 3.63) is 41.7 Å². The molecule has 0 spiro atoms. The van der Waals surface area contributed by atoms with Gasteiger partial charge in [-0.1, -0.05) is 17.3 Å². The second kappa shape index (κ2) is 6.01. The fourth-order valence-corrected chi connectivity index (χ4v) is 1.57. The highest BCUT2D eigenvalue weighted by Crippen LogP contribution is 2.15. The number of hydrogen-bond acceptors (Lipinski definition) is 5. The highest BCUT2D eigenvalue weighted by Gasteiger charge is 2.16. The van der Waals surface area contributed by atoms with Gasteiger partial charge in [0.15, 0.2) is 11.9 Å². The maximum atomic E-state index is 11.9. The van der Waals surface area contributed by atoms with Gasteiger partial charge in [0.1, 0.15) is 17.8 Å². The lowest BCUT2D eigenvalue weighted by Crippen LogP contribution is -2.30. The second-order valence-electron chi connectivity index (χ2n) is 4.26. The molecule has 20 heavy (non-hydrogen) atoms. The van der Waals surface area contributed by atoms with E-state index in [2.05, 4.69) is 10.5 Å². The summed E-state index contributed by atoms with van der Waals surface area (Å²) in [7, 11) is 0. The number of hydrogen-bond donors (Lipinski definition) is 1. The molecule has 0 bridgehead atoms. The number of amides is 1. The summed E-state index contributed by atoms with van der Waals surface area (Å²) in [6, 6.07) is 8.19. The summed E-state index contributed by atoms with van der Waals surface area (Å²) in [5.41, 5.74) is 0.488. The maximum Gasteiger partial charge on any atom is 0.266 e. The Hall–Kier alpha value is -2.63. The minimum Gasteiger partial charge on any atom is -0.481 e. The molecule has 1 aromatic carbocycles.